The largest absolute Gasteiger partial charge is 0.507 e. The van der Waals surface area contributed by atoms with Crippen molar-refractivity contribution >= 4 is 17.3 Å². The molecule has 6 unspecified atom stereocenters. The van der Waals surface area contributed by atoms with Crippen LogP contribution in [-0.2, 0) is 15.9 Å². The number of nitrogens with zero attached hydrogens (tertiary/aromatic N) is 1. The van der Waals surface area contributed by atoms with E-state index in [1.165, 1.54) is 25.3 Å². The molecule has 1 saturated heterocycles. The molecule has 5 rings (SSSR count). The summed E-state index contributed by atoms with van der Waals surface area (Å²) < 4.78 is 17.3. The fourth-order valence-corrected chi connectivity index (χ4v) is 6.07. The lowest BCUT2D eigenvalue weighted by Crippen LogP contribution is -2.53. The first-order valence-corrected chi connectivity index (χ1v) is 13.7. The van der Waals surface area contributed by atoms with Crippen molar-refractivity contribution in [1.82, 2.24) is 5.43 Å². The van der Waals surface area contributed by atoms with Gasteiger partial charge >= 0.3 is 0 Å². The number of aromatic hydroxyl groups is 2. The second-order valence-electron chi connectivity index (χ2n) is 10.8. The van der Waals surface area contributed by atoms with Crippen LogP contribution in [0.15, 0.2) is 23.3 Å². The molecule has 6 atom stereocenters. The zero-order chi connectivity index (χ0) is 30.5. The topological polar surface area (TPSA) is 213 Å². The minimum absolute atomic E-state index is 0.0118. The Labute approximate surface area is 241 Å². The van der Waals surface area contributed by atoms with Crippen LogP contribution in [0.5, 0.6) is 17.2 Å². The van der Waals surface area contributed by atoms with E-state index in [0.29, 0.717) is 6.54 Å². The van der Waals surface area contributed by atoms with Gasteiger partial charge in [-0.15, -0.1) is 0 Å². The minimum atomic E-state index is -1.91. The van der Waals surface area contributed by atoms with Crippen LogP contribution in [0.1, 0.15) is 75.8 Å². The number of carbonyl (C=O) groups is 2. The molecule has 1 fully saturated rings. The van der Waals surface area contributed by atoms with E-state index in [0.717, 1.165) is 0 Å². The zero-order valence-electron chi connectivity index (χ0n) is 23.5. The smallest absolute Gasteiger partial charge is 0.202 e. The summed E-state index contributed by atoms with van der Waals surface area (Å²) in [6.07, 6.45) is -4.45. The highest BCUT2D eigenvalue weighted by atomic mass is 16.7. The Morgan fingerprint density at radius 3 is 2.55 bits per heavy atom. The quantitative estimate of drug-likeness (QED) is 0.114. The number of phenols is 2. The van der Waals surface area contributed by atoms with Crippen LogP contribution < -0.4 is 15.9 Å². The molecule has 2 aromatic carbocycles. The highest BCUT2D eigenvalue weighted by Gasteiger charge is 2.49. The van der Waals surface area contributed by atoms with Crippen molar-refractivity contribution in [2.45, 2.75) is 69.4 Å². The number of rotatable bonds is 7. The van der Waals surface area contributed by atoms with Gasteiger partial charge in [0.05, 0.1) is 54.4 Å². The molecular weight excluding hydrogens is 550 g/mol. The number of ether oxygens (including phenoxy) is 3. The Balaban J connectivity index is 1.69. The van der Waals surface area contributed by atoms with Crippen molar-refractivity contribution in [2.24, 2.45) is 10.8 Å². The second kappa shape index (κ2) is 11.2. The number of nitrogens with one attached hydrogen (secondary N) is 1. The number of phenolic OH excluding ortho intramolecular Hbond substituents is 2. The van der Waals surface area contributed by atoms with Crippen molar-refractivity contribution in [3.8, 4) is 17.2 Å². The van der Waals surface area contributed by atoms with Crippen molar-refractivity contribution in [1.29, 1.82) is 0 Å². The van der Waals surface area contributed by atoms with Gasteiger partial charge in [0.1, 0.15) is 22.8 Å². The summed E-state index contributed by atoms with van der Waals surface area (Å²) in [4.78, 5) is 27.5. The maximum Gasteiger partial charge on any atom is 0.202 e. The summed E-state index contributed by atoms with van der Waals surface area (Å²) in [6, 6.07) is 3.77. The van der Waals surface area contributed by atoms with E-state index in [-0.39, 0.29) is 53.0 Å². The monoisotopic (exact) mass is 585 g/mol. The molecule has 1 heterocycles. The normalized spacial score (nSPS) is 29.0. The number of carbonyl (C=O) groups excluding carboxylic acids is 2. The summed E-state index contributed by atoms with van der Waals surface area (Å²) in [7, 11) is 1.35. The summed E-state index contributed by atoms with van der Waals surface area (Å²) in [6.45, 7) is 3.13. The average molecular weight is 586 g/mol. The number of hydrogen-bond acceptors (Lipinski definition) is 13. The zero-order valence-corrected chi connectivity index (χ0v) is 23.5. The lowest BCUT2D eigenvalue weighted by molar-refractivity contribution is -0.245. The van der Waals surface area contributed by atoms with Gasteiger partial charge in [0.25, 0.3) is 0 Å². The van der Waals surface area contributed by atoms with Gasteiger partial charge in [-0.1, -0.05) is 12.1 Å². The van der Waals surface area contributed by atoms with Crippen molar-refractivity contribution in [2.75, 3.05) is 20.3 Å². The maximum atomic E-state index is 13.8. The van der Waals surface area contributed by atoms with Crippen LogP contribution in [0.3, 0.4) is 0 Å². The minimum Gasteiger partial charge on any atom is -0.507 e. The Kier molecular flexibility index (Phi) is 8.00. The molecule has 13 nitrogen and oxygen atoms in total. The van der Waals surface area contributed by atoms with Crippen LogP contribution in [0.4, 0.5) is 0 Å². The van der Waals surface area contributed by atoms with E-state index in [2.05, 4.69) is 10.5 Å². The summed E-state index contributed by atoms with van der Waals surface area (Å²) in [5.74, 6) is -2.53. The molecule has 226 valence electrons. The highest BCUT2D eigenvalue weighted by molar-refractivity contribution is 6.31. The molecule has 8 N–H and O–H groups in total. The first-order valence-electron chi connectivity index (χ1n) is 13.7. The standard InChI is InChI=1S/C29H35N3O10/c1-4-31-32-18(11-33)29(39)9-14-21(17(10-29)42-19-8-15(30)24(34)12(2)41-19)28(38)23-22(26(14)36)25(35)13-6-5-7-16(40-3)20(13)27(23)37/h5-7,12,15,17,19,24,31,33-34,36,38-39H,4,8-11,30H2,1-3H3/b32-18+. The average Bonchev–Trinajstić information content (AvgIpc) is 2.96. The Morgan fingerprint density at radius 1 is 1.19 bits per heavy atom. The molecule has 0 spiro atoms. The Hall–Kier alpha value is -3.59. The molecule has 42 heavy (non-hydrogen) atoms. The van der Waals surface area contributed by atoms with E-state index in [9.17, 15) is 35.1 Å². The molecule has 2 aromatic rings. The van der Waals surface area contributed by atoms with E-state index in [4.69, 9.17) is 19.9 Å². The first kappa shape index (κ1) is 29.9. The molecule has 0 aromatic heterocycles. The lowest BCUT2D eigenvalue weighted by atomic mass is 9.71. The molecule has 2 aliphatic carbocycles. The number of nitrogens with two attached hydrogens (primary N) is 1. The van der Waals surface area contributed by atoms with Crippen molar-refractivity contribution in [3.63, 3.8) is 0 Å². The van der Waals surface area contributed by atoms with Gasteiger partial charge in [-0.2, -0.15) is 5.10 Å². The second-order valence-corrected chi connectivity index (χ2v) is 10.8. The number of ketones is 2. The van der Waals surface area contributed by atoms with Crippen LogP contribution in [0.2, 0.25) is 0 Å². The van der Waals surface area contributed by atoms with E-state index < -0.39 is 77.0 Å². The molecule has 13 heteroatoms. The number of hydrazone groups is 1. The SMILES string of the molecule is CCN/N=C(\CO)C1(O)Cc2c(O)c3c(c(O)c2C(OC2CC(N)C(O)C(C)O2)C1)C(=O)c1c(OC)cccc1C3=O. The molecule has 3 aliphatic rings. The third kappa shape index (κ3) is 4.71. The predicted octanol–water partition coefficient (Wildman–Crippen LogP) is 0.398. The van der Waals surface area contributed by atoms with Gasteiger partial charge in [-0.3, -0.25) is 9.59 Å². The van der Waals surface area contributed by atoms with E-state index in [1.54, 1.807) is 13.8 Å². The number of hydrogen-bond donors (Lipinski definition) is 7. The number of aliphatic hydroxyl groups is 3. The molecule has 0 radical (unpaired) electrons. The van der Waals surface area contributed by atoms with Gasteiger partial charge in [-0.25, -0.2) is 0 Å². The van der Waals surface area contributed by atoms with Gasteiger partial charge in [0.2, 0.25) is 5.78 Å². The van der Waals surface area contributed by atoms with Crippen molar-refractivity contribution < 1.29 is 49.3 Å². The maximum absolute atomic E-state index is 13.8. The molecule has 0 bridgehead atoms. The van der Waals surface area contributed by atoms with Gasteiger partial charge < -0.3 is 50.9 Å². The van der Waals surface area contributed by atoms with E-state index in [1.807, 2.05) is 0 Å². The number of aliphatic hydroxyl groups excluding tert-OH is 2. The summed E-state index contributed by atoms with van der Waals surface area (Å²) in [5, 5.41) is 59.5. The highest BCUT2D eigenvalue weighted by Crippen LogP contribution is 2.52. The number of methoxy groups -OCH3 is 1. The third-order valence-corrected chi connectivity index (χ3v) is 8.20. The predicted molar refractivity (Wildman–Crippen MR) is 148 cm³/mol. The molecule has 0 saturated carbocycles. The fraction of sp³-hybridized carbons (Fsp3) is 0.483. The molecule has 0 amide bonds. The summed E-state index contributed by atoms with van der Waals surface area (Å²) in [5.41, 5.74) is 5.85. The lowest BCUT2D eigenvalue weighted by Gasteiger charge is -2.43. The van der Waals surface area contributed by atoms with Crippen LogP contribution in [0.25, 0.3) is 0 Å². The Morgan fingerprint density at radius 2 is 1.90 bits per heavy atom. The number of fused-ring (bicyclic) bond motifs is 3. The van der Waals surface area contributed by atoms with Crippen LogP contribution >= 0.6 is 0 Å². The van der Waals surface area contributed by atoms with Crippen LogP contribution in [-0.4, -0.2) is 93.2 Å². The Bertz CT molecular complexity index is 1450. The number of benzene rings is 2. The first-order chi connectivity index (χ1) is 20.0. The van der Waals surface area contributed by atoms with Gasteiger partial charge in [0, 0.05) is 48.5 Å². The van der Waals surface area contributed by atoms with Crippen molar-refractivity contribution in [3.05, 3.63) is 51.6 Å². The van der Waals surface area contributed by atoms with Gasteiger partial charge in [0.15, 0.2) is 12.1 Å². The van der Waals surface area contributed by atoms with Crippen LogP contribution in [0, 0.1) is 0 Å². The summed E-state index contributed by atoms with van der Waals surface area (Å²) >= 11 is 0. The van der Waals surface area contributed by atoms with E-state index >= 15 is 0 Å². The van der Waals surface area contributed by atoms with Gasteiger partial charge in [-0.05, 0) is 19.9 Å². The third-order valence-electron chi connectivity index (χ3n) is 8.20. The molecule has 1 aliphatic heterocycles. The molecular formula is C29H35N3O10. The fourth-order valence-electron chi connectivity index (χ4n) is 6.07.